The zero-order chi connectivity index (χ0) is 24.6. The number of rotatable bonds is 5. The van der Waals surface area contributed by atoms with Gasteiger partial charge >= 0.3 is 6.36 Å². The Kier molecular flexibility index (Phi) is 6.33. The number of hydrogen-bond acceptors (Lipinski definition) is 4. The van der Waals surface area contributed by atoms with Gasteiger partial charge in [-0.2, -0.15) is 0 Å². The lowest BCUT2D eigenvalue weighted by atomic mass is 9.98. The quantitative estimate of drug-likeness (QED) is 0.482. The fourth-order valence-electron chi connectivity index (χ4n) is 5.14. The van der Waals surface area contributed by atoms with Crippen LogP contribution in [0.5, 0.6) is 5.75 Å². The second-order valence-electron chi connectivity index (χ2n) is 8.76. The number of alkyl halides is 3. The van der Waals surface area contributed by atoms with E-state index in [0.29, 0.717) is 11.4 Å². The van der Waals surface area contributed by atoms with Gasteiger partial charge in [-0.15, -0.1) is 13.2 Å². The van der Waals surface area contributed by atoms with Crippen LogP contribution in [0.2, 0.25) is 0 Å². The molecule has 3 aromatic carbocycles. The van der Waals surface area contributed by atoms with Crippen LogP contribution in [0.1, 0.15) is 30.0 Å². The Morgan fingerprint density at radius 3 is 2.14 bits per heavy atom. The van der Waals surface area contributed by atoms with Crippen LogP contribution < -0.4 is 9.46 Å². The molecule has 0 aromatic heterocycles. The number of nitrogens with zero attached hydrogens (tertiary/aromatic N) is 2. The summed E-state index contributed by atoms with van der Waals surface area (Å²) in [7, 11) is -1.56. The van der Waals surface area contributed by atoms with Gasteiger partial charge in [0, 0.05) is 19.6 Å². The van der Waals surface area contributed by atoms with Gasteiger partial charge in [0.25, 0.3) is 0 Å². The maximum atomic E-state index is 13.7. The molecule has 3 aromatic rings. The summed E-state index contributed by atoms with van der Waals surface area (Å²) in [6.07, 6.45) is -3.02. The van der Waals surface area contributed by atoms with Crippen molar-refractivity contribution in [3.63, 3.8) is 0 Å². The molecule has 1 aliphatic heterocycles. The first-order valence-corrected chi connectivity index (χ1v) is 13.0. The van der Waals surface area contributed by atoms with Crippen LogP contribution in [0.3, 0.4) is 0 Å². The Morgan fingerprint density at radius 1 is 0.971 bits per heavy atom. The standard InChI is InChI=1S/C26H26F3N3O2S/c1-30-35(33,20-14-12-19(13-15-20)34-26(27,28)29)31-18-7-6-16-32(17-18)25-23-10-4-2-8-21(23)22-9-3-5-11-24(22)25/h2-5,8-15,18,25H,6-7,16-17H2,1H3,(H,30,31,33). The van der Waals surface area contributed by atoms with Gasteiger partial charge in [-0.3, -0.25) is 4.90 Å². The van der Waals surface area contributed by atoms with Gasteiger partial charge in [-0.05, 0) is 65.9 Å². The number of ether oxygens (including phenoxy) is 1. The maximum absolute atomic E-state index is 13.7. The predicted molar refractivity (Wildman–Crippen MR) is 129 cm³/mol. The number of nitrogens with one attached hydrogen (secondary N) is 1. The summed E-state index contributed by atoms with van der Waals surface area (Å²) < 4.78 is 62.4. The molecule has 0 bridgehead atoms. The molecule has 9 heteroatoms. The number of likely N-dealkylation sites (tertiary alicyclic amines) is 1. The van der Waals surface area contributed by atoms with E-state index in [1.807, 2.05) is 0 Å². The molecular weight excluding hydrogens is 475 g/mol. The Bertz CT molecular complexity index is 1290. The van der Waals surface area contributed by atoms with Crippen molar-refractivity contribution < 1.29 is 22.1 Å². The van der Waals surface area contributed by atoms with Gasteiger partial charge in [-0.25, -0.2) is 13.3 Å². The molecule has 1 aliphatic carbocycles. The van der Waals surface area contributed by atoms with E-state index in [1.54, 1.807) is 0 Å². The maximum Gasteiger partial charge on any atom is 0.573 e. The van der Waals surface area contributed by atoms with Crippen LogP contribution in [0.25, 0.3) is 11.1 Å². The van der Waals surface area contributed by atoms with Crippen LogP contribution >= 0.6 is 0 Å². The Morgan fingerprint density at radius 2 is 1.57 bits per heavy atom. The van der Waals surface area contributed by atoms with Crippen molar-refractivity contribution in [1.82, 2.24) is 9.62 Å². The summed E-state index contributed by atoms with van der Waals surface area (Å²) >= 11 is 0. The highest BCUT2D eigenvalue weighted by atomic mass is 32.2. The largest absolute Gasteiger partial charge is 0.573 e. The third-order valence-electron chi connectivity index (χ3n) is 6.58. The van der Waals surface area contributed by atoms with E-state index in [-0.39, 0.29) is 17.8 Å². The van der Waals surface area contributed by atoms with E-state index < -0.39 is 16.3 Å². The number of piperidine rings is 1. The molecule has 35 heavy (non-hydrogen) atoms. The van der Waals surface area contributed by atoms with Crippen molar-refractivity contribution in [2.45, 2.75) is 36.2 Å². The van der Waals surface area contributed by atoms with Crippen molar-refractivity contribution in [2.24, 2.45) is 4.36 Å². The normalized spacial score (nSPS) is 20.1. The predicted octanol–water partition coefficient (Wildman–Crippen LogP) is 5.78. The number of benzene rings is 3. The number of fused-ring (bicyclic) bond motifs is 3. The molecule has 2 atom stereocenters. The minimum absolute atomic E-state index is 0.0917. The molecule has 1 fully saturated rings. The second kappa shape index (κ2) is 9.29. The van der Waals surface area contributed by atoms with E-state index >= 15 is 0 Å². The van der Waals surface area contributed by atoms with Gasteiger partial charge in [0.05, 0.1) is 10.9 Å². The molecule has 0 saturated carbocycles. The van der Waals surface area contributed by atoms with Crippen LogP contribution in [-0.4, -0.2) is 41.7 Å². The highest BCUT2D eigenvalue weighted by molar-refractivity contribution is 7.91. The fourth-order valence-corrected chi connectivity index (χ4v) is 6.74. The van der Waals surface area contributed by atoms with E-state index in [4.69, 9.17) is 0 Å². The molecular formula is C26H26F3N3O2S. The average Bonchev–Trinajstić information content (AvgIpc) is 3.18. The van der Waals surface area contributed by atoms with Crippen LogP contribution in [0.15, 0.2) is 82.1 Å². The fraction of sp³-hybridized carbons (Fsp3) is 0.308. The van der Waals surface area contributed by atoms with E-state index in [9.17, 15) is 17.4 Å². The summed E-state index contributed by atoms with van der Waals surface area (Å²) in [5.41, 5.74) is 5.04. The molecule has 1 heterocycles. The summed E-state index contributed by atoms with van der Waals surface area (Å²) in [6, 6.07) is 22.0. The zero-order valence-electron chi connectivity index (χ0n) is 19.2. The van der Waals surface area contributed by atoms with Crippen molar-refractivity contribution in [1.29, 1.82) is 0 Å². The first-order chi connectivity index (χ1) is 16.8. The summed E-state index contributed by atoms with van der Waals surface area (Å²) in [5.74, 6) is -0.360. The Balaban J connectivity index is 1.36. The summed E-state index contributed by atoms with van der Waals surface area (Å²) in [5, 5.41) is 0. The molecule has 1 saturated heterocycles. The first-order valence-electron chi connectivity index (χ1n) is 11.5. The van der Waals surface area contributed by atoms with Crippen LogP contribution in [-0.2, 0) is 9.92 Å². The van der Waals surface area contributed by atoms with Crippen molar-refractivity contribution in [2.75, 3.05) is 20.1 Å². The lowest BCUT2D eigenvalue weighted by molar-refractivity contribution is -0.274. The molecule has 184 valence electrons. The lowest BCUT2D eigenvalue weighted by Gasteiger charge is -2.38. The van der Waals surface area contributed by atoms with Gasteiger partial charge in [0.15, 0.2) is 0 Å². The minimum atomic E-state index is -4.78. The number of halogens is 3. The first kappa shape index (κ1) is 23.8. The minimum Gasteiger partial charge on any atom is -0.406 e. The highest BCUT2D eigenvalue weighted by Crippen LogP contribution is 2.46. The topological polar surface area (TPSA) is 53.9 Å². The molecule has 0 amide bonds. The summed E-state index contributed by atoms with van der Waals surface area (Å²) in [4.78, 5) is 2.74. The van der Waals surface area contributed by atoms with Crippen molar-refractivity contribution in [3.05, 3.63) is 83.9 Å². The van der Waals surface area contributed by atoms with Gasteiger partial charge < -0.3 is 4.74 Å². The molecule has 5 nitrogen and oxygen atoms in total. The molecule has 2 unspecified atom stereocenters. The van der Waals surface area contributed by atoms with E-state index in [1.165, 1.54) is 41.4 Å². The van der Waals surface area contributed by atoms with Gasteiger partial charge in [0.1, 0.15) is 15.7 Å². The average molecular weight is 502 g/mol. The van der Waals surface area contributed by atoms with Crippen molar-refractivity contribution >= 4 is 9.92 Å². The molecule has 2 aliphatic rings. The number of hydrogen-bond donors (Lipinski definition) is 1. The highest BCUT2D eigenvalue weighted by Gasteiger charge is 2.36. The second-order valence-corrected chi connectivity index (χ2v) is 10.9. The Labute approximate surface area is 203 Å². The molecule has 1 N–H and O–H groups in total. The third-order valence-corrected chi connectivity index (χ3v) is 8.66. The SMILES string of the molecule is CN=S(=O)(NC1CCCN(C2c3ccccc3-c3ccccc32)C1)c1ccc(OC(F)(F)F)cc1. The van der Waals surface area contributed by atoms with Crippen molar-refractivity contribution in [3.8, 4) is 16.9 Å². The molecule has 0 radical (unpaired) electrons. The molecule has 5 rings (SSSR count). The van der Waals surface area contributed by atoms with Gasteiger partial charge in [0.2, 0.25) is 0 Å². The Hall–Kier alpha value is -2.88. The zero-order valence-corrected chi connectivity index (χ0v) is 20.0. The van der Waals surface area contributed by atoms with E-state index in [2.05, 4.69) is 67.3 Å². The lowest BCUT2D eigenvalue weighted by Crippen LogP contribution is -2.48. The van der Waals surface area contributed by atoms with Crippen LogP contribution in [0.4, 0.5) is 13.2 Å². The smallest absolute Gasteiger partial charge is 0.406 e. The molecule has 0 spiro atoms. The third kappa shape index (κ3) is 4.80. The van der Waals surface area contributed by atoms with E-state index in [0.717, 1.165) is 31.5 Å². The summed E-state index contributed by atoms with van der Waals surface area (Å²) in [6.45, 7) is 1.59. The van der Waals surface area contributed by atoms with Crippen LogP contribution in [0, 0.1) is 0 Å². The monoisotopic (exact) mass is 501 g/mol. The van der Waals surface area contributed by atoms with Gasteiger partial charge in [-0.1, -0.05) is 48.5 Å².